The molecule has 0 unspecified atom stereocenters. The van der Waals surface area contributed by atoms with Crippen molar-refractivity contribution < 1.29 is 14.7 Å². The third-order valence-corrected chi connectivity index (χ3v) is 4.86. The van der Waals surface area contributed by atoms with Crippen LogP contribution >= 0.6 is 0 Å². The summed E-state index contributed by atoms with van der Waals surface area (Å²) in [4.78, 5) is 24.2. The van der Waals surface area contributed by atoms with E-state index in [2.05, 4.69) is 31.4 Å². The van der Waals surface area contributed by atoms with Crippen LogP contribution in [-0.2, 0) is 9.59 Å². The van der Waals surface area contributed by atoms with Gasteiger partial charge < -0.3 is 21.5 Å². The standard InChI is InChI=1S/C17H33N3O3/c1-10(2)14-6-5-11(3)7-15(14)17(23)19-8-13(9-21)20-16(22)12(4)18/h10-15,21H,5-9,18H2,1-4H3,(H,19,23)(H,20,22)/t11-,12-,13-,14+,15-/m1/s1. The summed E-state index contributed by atoms with van der Waals surface area (Å²) >= 11 is 0. The van der Waals surface area contributed by atoms with Crippen LogP contribution in [0.3, 0.4) is 0 Å². The molecule has 0 aromatic carbocycles. The number of carbonyl (C=O) groups is 2. The molecule has 0 radical (unpaired) electrons. The van der Waals surface area contributed by atoms with Gasteiger partial charge in [-0.2, -0.15) is 0 Å². The van der Waals surface area contributed by atoms with E-state index in [9.17, 15) is 14.7 Å². The third-order valence-electron chi connectivity index (χ3n) is 4.86. The Morgan fingerprint density at radius 2 is 1.91 bits per heavy atom. The van der Waals surface area contributed by atoms with Gasteiger partial charge in [0.25, 0.3) is 0 Å². The van der Waals surface area contributed by atoms with Crippen LogP contribution in [0.5, 0.6) is 0 Å². The molecule has 5 atom stereocenters. The van der Waals surface area contributed by atoms with Crippen molar-refractivity contribution in [1.82, 2.24) is 10.6 Å². The average Bonchev–Trinajstić information content (AvgIpc) is 2.50. The summed E-state index contributed by atoms with van der Waals surface area (Å²) < 4.78 is 0. The van der Waals surface area contributed by atoms with Crippen LogP contribution in [0.1, 0.15) is 47.0 Å². The van der Waals surface area contributed by atoms with Crippen LogP contribution in [0.15, 0.2) is 0 Å². The normalized spacial score (nSPS) is 27.3. The number of aliphatic hydroxyl groups excluding tert-OH is 1. The van der Waals surface area contributed by atoms with Crippen molar-refractivity contribution in [2.45, 2.75) is 59.0 Å². The van der Waals surface area contributed by atoms with Gasteiger partial charge in [-0.1, -0.05) is 27.2 Å². The van der Waals surface area contributed by atoms with Gasteiger partial charge >= 0.3 is 0 Å². The molecule has 0 aliphatic heterocycles. The number of amides is 2. The van der Waals surface area contributed by atoms with Gasteiger partial charge in [-0.25, -0.2) is 0 Å². The topological polar surface area (TPSA) is 104 Å². The summed E-state index contributed by atoms with van der Waals surface area (Å²) in [7, 11) is 0. The Hall–Kier alpha value is -1.14. The fraction of sp³-hybridized carbons (Fsp3) is 0.882. The second-order valence-electron chi connectivity index (χ2n) is 7.35. The molecule has 0 spiro atoms. The zero-order chi connectivity index (χ0) is 17.6. The van der Waals surface area contributed by atoms with E-state index in [1.54, 1.807) is 6.92 Å². The highest BCUT2D eigenvalue weighted by Gasteiger charge is 2.35. The summed E-state index contributed by atoms with van der Waals surface area (Å²) in [6, 6.07) is -1.14. The first kappa shape index (κ1) is 19.9. The molecular weight excluding hydrogens is 294 g/mol. The van der Waals surface area contributed by atoms with Crippen LogP contribution in [0.25, 0.3) is 0 Å². The van der Waals surface area contributed by atoms with E-state index in [4.69, 9.17) is 5.73 Å². The van der Waals surface area contributed by atoms with Gasteiger partial charge in [0.2, 0.25) is 11.8 Å². The fourth-order valence-electron chi connectivity index (χ4n) is 3.35. The molecule has 0 aromatic rings. The van der Waals surface area contributed by atoms with Gasteiger partial charge in [0.15, 0.2) is 0 Å². The minimum Gasteiger partial charge on any atom is -0.394 e. The minimum atomic E-state index is -0.635. The van der Waals surface area contributed by atoms with Crippen LogP contribution < -0.4 is 16.4 Å². The molecular formula is C17H33N3O3. The number of hydrogen-bond donors (Lipinski definition) is 4. The largest absolute Gasteiger partial charge is 0.394 e. The Morgan fingerprint density at radius 3 is 2.43 bits per heavy atom. The van der Waals surface area contributed by atoms with Crippen molar-refractivity contribution in [2.24, 2.45) is 29.4 Å². The van der Waals surface area contributed by atoms with Crippen molar-refractivity contribution in [2.75, 3.05) is 13.2 Å². The first-order valence-corrected chi connectivity index (χ1v) is 8.70. The molecule has 6 heteroatoms. The Labute approximate surface area is 139 Å². The lowest BCUT2D eigenvalue weighted by Crippen LogP contribution is -2.51. The third kappa shape index (κ3) is 6.11. The monoisotopic (exact) mass is 327 g/mol. The van der Waals surface area contributed by atoms with Gasteiger partial charge in [0.1, 0.15) is 0 Å². The summed E-state index contributed by atoms with van der Waals surface area (Å²) in [5.41, 5.74) is 5.50. The Morgan fingerprint density at radius 1 is 1.26 bits per heavy atom. The van der Waals surface area contributed by atoms with Gasteiger partial charge in [-0.05, 0) is 37.5 Å². The predicted molar refractivity (Wildman–Crippen MR) is 90.5 cm³/mol. The highest BCUT2D eigenvalue weighted by Crippen LogP contribution is 2.38. The second kappa shape index (κ2) is 9.23. The van der Waals surface area contributed by atoms with Gasteiger partial charge in [0, 0.05) is 12.5 Å². The molecule has 134 valence electrons. The van der Waals surface area contributed by atoms with Crippen molar-refractivity contribution >= 4 is 11.8 Å². The van der Waals surface area contributed by atoms with Crippen LogP contribution in [-0.4, -0.2) is 42.2 Å². The zero-order valence-electron chi connectivity index (χ0n) is 14.8. The number of hydrogen-bond acceptors (Lipinski definition) is 4. The minimum absolute atomic E-state index is 0.0160. The summed E-state index contributed by atoms with van der Waals surface area (Å²) in [6.07, 6.45) is 3.17. The lowest BCUT2D eigenvalue weighted by Gasteiger charge is -2.36. The fourth-order valence-corrected chi connectivity index (χ4v) is 3.35. The van der Waals surface area contributed by atoms with E-state index in [0.717, 1.165) is 12.8 Å². The summed E-state index contributed by atoms with van der Waals surface area (Å²) in [5.74, 6) is 1.16. The van der Waals surface area contributed by atoms with E-state index in [1.165, 1.54) is 6.42 Å². The van der Waals surface area contributed by atoms with Crippen LogP contribution in [0, 0.1) is 23.7 Å². The van der Waals surface area contributed by atoms with E-state index >= 15 is 0 Å². The van der Waals surface area contributed by atoms with E-state index in [0.29, 0.717) is 17.8 Å². The number of nitrogens with one attached hydrogen (secondary N) is 2. The molecule has 1 rings (SSSR count). The Bertz CT molecular complexity index is 399. The van der Waals surface area contributed by atoms with E-state index < -0.39 is 12.1 Å². The first-order valence-electron chi connectivity index (χ1n) is 8.70. The predicted octanol–water partition coefficient (Wildman–Crippen LogP) is 0.635. The van der Waals surface area contributed by atoms with Gasteiger partial charge in [-0.3, -0.25) is 9.59 Å². The zero-order valence-corrected chi connectivity index (χ0v) is 14.8. The molecule has 0 bridgehead atoms. The second-order valence-corrected chi connectivity index (χ2v) is 7.35. The van der Waals surface area contributed by atoms with Crippen LogP contribution in [0.4, 0.5) is 0 Å². The molecule has 5 N–H and O–H groups in total. The van der Waals surface area contributed by atoms with Crippen molar-refractivity contribution in [3.8, 4) is 0 Å². The smallest absolute Gasteiger partial charge is 0.236 e. The molecule has 1 saturated carbocycles. The highest BCUT2D eigenvalue weighted by molar-refractivity contribution is 5.81. The molecule has 1 aliphatic carbocycles. The van der Waals surface area contributed by atoms with E-state index in [-0.39, 0.29) is 30.9 Å². The molecule has 0 heterocycles. The Kier molecular flexibility index (Phi) is 7.99. The Balaban J connectivity index is 2.57. The van der Waals surface area contributed by atoms with E-state index in [1.807, 2.05) is 0 Å². The number of aliphatic hydroxyl groups is 1. The number of carbonyl (C=O) groups excluding carboxylic acids is 2. The molecule has 6 nitrogen and oxygen atoms in total. The maximum atomic E-state index is 12.6. The maximum absolute atomic E-state index is 12.6. The van der Waals surface area contributed by atoms with Crippen molar-refractivity contribution in [3.05, 3.63) is 0 Å². The van der Waals surface area contributed by atoms with Crippen molar-refractivity contribution in [3.63, 3.8) is 0 Å². The maximum Gasteiger partial charge on any atom is 0.236 e. The number of rotatable bonds is 7. The number of nitrogens with two attached hydrogens (primary N) is 1. The summed E-state index contributed by atoms with van der Waals surface area (Å²) in [5, 5.41) is 14.9. The molecule has 23 heavy (non-hydrogen) atoms. The first-order chi connectivity index (χ1) is 10.8. The van der Waals surface area contributed by atoms with Gasteiger partial charge in [-0.15, -0.1) is 0 Å². The van der Waals surface area contributed by atoms with Gasteiger partial charge in [0.05, 0.1) is 18.7 Å². The molecule has 0 aromatic heterocycles. The van der Waals surface area contributed by atoms with Crippen molar-refractivity contribution in [1.29, 1.82) is 0 Å². The molecule has 1 aliphatic rings. The van der Waals surface area contributed by atoms with Crippen LogP contribution in [0.2, 0.25) is 0 Å². The highest BCUT2D eigenvalue weighted by atomic mass is 16.3. The summed E-state index contributed by atoms with van der Waals surface area (Å²) in [6.45, 7) is 8.10. The molecule has 2 amide bonds. The SMILES string of the molecule is CC(C)[C@@H]1CC[C@@H](C)C[C@H]1C(=O)NC[C@H](CO)NC(=O)[C@@H](C)N. The molecule has 1 fully saturated rings. The lowest BCUT2D eigenvalue weighted by atomic mass is 9.70. The lowest BCUT2D eigenvalue weighted by molar-refractivity contribution is -0.130. The quantitative estimate of drug-likeness (QED) is 0.550. The molecule has 0 saturated heterocycles. The average molecular weight is 327 g/mol.